The summed E-state index contributed by atoms with van der Waals surface area (Å²) < 4.78 is 15.6. The summed E-state index contributed by atoms with van der Waals surface area (Å²) in [6, 6.07) is 6.42. The van der Waals surface area contributed by atoms with Gasteiger partial charge in [0.15, 0.2) is 0 Å². The third-order valence-corrected chi connectivity index (χ3v) is 5.51. The van der Waals surface area contributed by atoms with Crippen LogP contribution in [0.4, 0.5) is 4.39 Å². The third kappa shape index (κ3) is 4.27. The number of piperazine rings is 1. The van der Waals surface area contributed by atoms with Gasteiger partial charge in [-0.3, -0.25) is 4.79 Å². The fourth-order valence-corrected chi connectivity index (χ4v) is 3.97. The van der Waals surface area contributed by atoms with Crippen LogP contribution in [0.1, 0.15) is 49.4 Å². The van der Waals surface area contributed by atoms with Crippen molar-refractivity contribution in [3.8, 4) is 5.69 Å². The first-order chi connectivity index (χ1) is 13.4. The molecule has 152 valence electrons. The summed E-state index contributed by atoms with van der Waals surface area (Å²) in [5.74, 6) is 0.158. The molecule has 0 aliphatic carbocycles. The van der Waals surface area contributed by atoms with Crippen LogP contribution in [0.2, 0.25) is 0 Å². The van der Waals surface area contributed by atoms with Crippen LogP contribution in [0.5, 0.6) is 0 Å². The monoisotopic (exact) mass is 387 g/mol. The summed E-state index contributed by atoms with van der Waals surface area (Å²) in [5, 5.41) is 4.78. The zero-order valence-corrected chi connectivity index (χ0v) is 17.5. The minimum atomic E-state index is -0.299. The van der Waals surface area contributed by atoms with Crippen LogP contribution in [-0.4, -0.2) is 53.3 Å². The van der Waals surface area contributed by atoms with E-state index in [1.165, 1.54) is 17.0 Å². The van der Waals surface area contributed by atoms with Gasteiger partial charge in [0, 0.05) is 0 Å². The quantitative estimate of drug-likeness (QED) is 0.825. The molecule has 0 saturated carbocycles. The lowest BCUT2D eigenvalue weighted by Gasteiger charge is -2.31. The van der Waals surface area contributed by atoms with E-state index in [0.29, 0.717) is 18.0 Å². The van der Waals surface area contributed by atoms with E-state index in [1.54, 1.807) is 10.7 Å². The van der Waals surface area contributed by atoms with Crippen molar-refractivity contribution >= 4 is 5.91 Å². The standard InChI is InChI=1S/C22H31FN4O/c1-5-20-21(22(28)26-12-10-25(6-2)11-13-26)19(14-16(3)4)24-27(20)18-9-7-8-17(23)15-18/h7-9,15-16H,5-6,10-14H2,1-4H3/p+1. The molecule has 6 heteroatoms. The van der Waals surface area contributed by atoms with Gasteiger partial charge < -0.3 is 9.80 Å². The number of aromatic nitrogens is 2. The second-order valence-electron chi connectivity index (χ2n) is 8.01. The molecule has 2 aromatic rings. The molecule has 1 amide bonds. The molecule has 3 rings (SSSR count). The maximum absolute atomic E-state index is 13.8. The molecule has 0 atom stereocenters. The van der Waals surface area contributed by atoms with E-state index in [4.69, 9.17) is 5.10 Å². The number of benzene rings is 1. The van der Waals surface area contributed by atoms with Gasteiger partial charge in [-0.15, -0.1) is 0 Å². The minimum Gasteiger partial charge on any atom is -0.332 e. The molecule has 1 fully saturated rings. The number of carbonyl (C=O) groups excluding carboxylic acids is 1. The van der Waals surface area contributed by atoms with E-state index < -0.39 is 0 Å². The van der Waals surface area contributed by atoms with Gasteiger partial charge in [0.05, 0.1) is 55.4 Å². The number of amides is 1. The van der Waals surface area contributed by atoms with Gasteiger partial charge in [0.25, 0.3) is 5.91 Å². The normalized spacial score (nSPS) is 15.4. The molecule has 28 heavy (non-hydrogen) atoms. The summed E-state index contributed by atoms with van der Waals surface area (Å²) in [7, 11) is 0. The molecular weight excluding hydrogens is 355 g/mol. The van der Waals surface area contributed by atoms with E-state index in [0.717, 1.165) is 56.1 Å². The Morgan fingerprint density at radius 2 is 1.96 bits per heavy atom. The van der Waals surface area contributed by atoms with E-state index >= 15 is 0 Å². The number of halogens is 1. The second-order valence-corrected chi connectivity index (χ2v) is 8.01. The molecule has 1 aromatic heterocycles. The van der Waals surface area contributed by atoms with Crippen molar-refractivity contribution in [2.45, 2.75) is 40.5 Å². The Hall–Kier alpha value is -2.21. The fraction of sp³-hybridized carbons (Fsp3) is 0.545. The number of nitrogens with one attached hydrogen (secondary N) is 1. The fourth-order valence-electron chi connectivity index (χ4n) is 3.97. The summed E-state index contributed by atoms with van der Waals surface area (Å²) in [6.45, 7) is 13.1. The Morgan fingerprint density at radius 3 is 2.54 bits per heavy atom. The molecule has 0 spiro atoms. The Labute approximate surface area is 167 Å². The number of nitrogens with zero attached hydrogens (tertiary/aromatic N) is 3. The van der Waals surface area contributed by atoms with E-state index in [2.05, 4.69) is 20.8 Å². The van der Waals surface area contributed by atoms with Crippen LogP contribution in [-0.2, 0) is 12.8 Å². The lowest BCUT2D eigenvalue weighted by atomic mass is 10.0. The highest BCUT2D eigenvalue weighted by atomic mass is 19.1. The number of quaternary nitrogens is 1. The van der Waals surface area contributed by atoms with Gasteiger partial charge in [0.2, 0.25) is 0 Å². The van der Waals surface area contributed by atoms with Crippen molar-refractivity contribution in [1.82, 2.24) is 14.7 Å². The van der Waals surface area contributed by atoms with Crippen molar-refractivity contribution in [3.05, 3.63) is 47.0 Å². The largest absolute Gasteiger partial charge is 0.332 e. The molecule has 1 saturated heterocycles. The zero-order valence-electron chi connectivity index (χ0n) is 17.5. The van der Waals surface area contributed by atoms with Gasteiger partial charge in [-0.2, -0.15) is 5.10 Å². The van der Waals surface area contributed by atoms with E-state index in [1.807, 2.05) is 17.9 Å². The van der Waals surface area contributed by atoms with E-state index in [9.17, 15) is 9.18 Å². The van der Waals surface area contributed by atoms with Gasteiger partial charge in [-0.25, -0.2) is 9.07 Å². The van der Waals surface area contributed by atoms with Crippen LogP contribution in [0.3, 0.4) is 0 Å². The molecule has 5 nitrogen and oxygen atoms in total. The maximum atomic E-state index is 13.8. The molecule has 0 unspecified atom stereocenters. The van der Waals surface area contributed by atoms with Gasteiger partial charge in [-0.1, -0.05) is 26.8 Å². The number of carbonyl (C=O) groups is 1. The first-order valence-electron chi connectivity index (χ1n) is 10.4. The summed E-state index contributed by atoms with van der Waals surface area (Å²) in [4.78, 5) is 17.0. The Balaban J connectivity index is 2.01. The van der Waals surface area contributed by atoms with Crippen molar-refractivity contribution in [2.75, 3.05) is 32.7 Å². The topological polar surface area (TPSA) is 42.6 Å². The summed E-state index contributed by atoms with van der Waals surface area (Å²) >= 11 is 0. The van der Waals surface area contributed by atoms with Crippen molar-refractivity contribution in [3.63, 3.8) is 0 Å². The smallest absolute Gasteiger partial charge is 0.258 e. The van der Waals surface area contributed by atoms with E-state index in [-0.39, 0.29) is 11.7 Å². The Morgan fingerprint density at radius 1 is 1.25 bits per heavy atom. The summed E-state index contributed by atoms with van der Waals surface area (Å²) in [6.07, 6.45) is 1.40. The zero-order chi connectivity index (χ0) is 20.3. The van der Waals surface area contributed by atoms with Gasteiger partial charge in [0.1, 0.15) is 5.82 Å². The second kappa shape index (κ2) is 8.86. The predicted octanol–water partition coefficient (Wildman–Crippen LogP) is 2.13. The highest BCUT2D eigenvalue weighted by Gasteiger charge is 2.30. The molecular formula is C22H32FN4O+. The molecule has 1 aromatic carbocycles. The maximum Gasteiger partial charge on any atom is 0.258 e. The molecule has 2 heterocycles. The van der Waals surface area contributed by atoms with Crippen LogP contribution in [0, 0.1) is 11.7 Å². The molecule has 0 radical (unpaired) electrons. The lowest BCUT2D eigenvalue weighted by Crippen LogP contribution is -3.14. The first-order valence-corrected chi connectivity index (χ1v) is 10.4. The number of rotatable bonds is 6. The van der Waals surface area contributed by atoms with Crippen molar-refractivity contribution < 1.29 is 14.1 Å². The Bertz CT molecular complexity index is 822. The van der Waals surface area contributed by atoms with Crippen molar-refractivity contribution in [1.29, 1.82) is 0 Å². The molecule has 1 N–H and O–H groups in total. The average molecular weight is 388 g/mol. The molecule has 1 aliphatic rings. The highest BCUT2D eigenvalue weighted by Crippen LogP contribution is 2.24. The molecule has 0 bridgehead atoms. The minimum absolute atomic E-state index is 0.0744. The Kier molecular flexibility index (Phi) is 6.50. The van der Waals surface area contributed by atoms with Crippen LogP contribution in [0.25, 0.3) is 5.69 Å². The predicted molar refractivity (Wildman–Crippen MR) is 109 cm³/mol. The van der Waals surface area contributed by atoms with Gasteiger partial charge in [-0.05, 0) is 43.9 Å². The van der Waals surface area contributed by atoms with Crippen LogP contribution >= 0.6 is 0 Å². The lowest BCUT2D eigenvalue weighted by molar-refractivity contribution is -0.902. The number of hydrogen-bond donors (Lipinski definition) is 1. The van der Waals surface area contributed by atoms with Gasteiger partial charge >= 0.3 is 0 Å². The van der Waals surface area contributed by atoms with Crippen molar-refractivity contribution in [2.24, 2.45) is 5.92 Å². The third-order valence-electron chi connectivity index (χ3n) is 5.51. The molecule has 1 aliphatic heterocycles. The first kappa shape index (κ1) is 20.5. The van der Waals surface area contributed by atoms with Crippen LogP contribution in [0.15, 0.2) is 24.3 Å². The highest BCUT2D eigenvalue weighted by molar-refractivity contribution is 5.96. The summed E-state index contributed by atoms with van der Waals surface area (Å²) in [5.41, 5.74) is 3.09. The number of hydrogen-bond acceptors (Lipinski definition) is 2. The SMILES string of the molecule is CCc1c(C(=O)N2CC[NH+](CC)CC2)c(CC(C)C)nn1-c1cccc(F)c1. The average Bonchev–Trinajstić information content (AvgIpc) is 3.05. The number of likely N-dealkylation sites (N-methyl/N-ethyl adjacent to an activating group) is 1. The van der Waals surface area contributed by atoms with Crippen LogP contribution < -0.4 is 4.90 Å².